The summed E-state index contributed by atoms with van der Waals surface area (Å²) in [7, 11) is 1.42. The molecule has 3 fully saturated rings. The SMILES string of the molecule is COC(=O)[C@@H]1C[C@]12C[C@@H]1OC[C@H](OCc3ccccc3)[C@H](OCc3ccccc3)[C@H]1O2. The van der Waals surface area contributed by atoms with Crippen LogP contribution in [0.1, 0.15) is 24.0 Å². The van der Waals surface area contributed by atoms with Gasteiger partial charge < -0.3 is 23.7 Å². The molecule has 1 spiro atoms. The molecular formula is C25H28O6. The molecule has 2 aromatic rings. The van der Waals surface area contributed by atoms with Crippen LogP contribution in [0.3, 0.4) is 0 Å². The molecule has 164 valence electrons. The number of fused-ring (bicyclic) bond motifs is 1. The minimum atomic E-state index is -0.481. The quantitative estimate of drug-likeness (QED) is 0.636. The van der Waals surface area contributed by atoms with Crippen LogP contribution in [-0.2, 0) is 41.7 Å². The molecule has 1 saturated carbocycles. The molecule has 0 aromatic heterocycles. The number of methoxy groups -OCH3 is 1. The summed E-state index contributed by atoms with van der Waals surface area (Å²) in [5.74, 6) is -0.428. The molecule has 2 aliphatic heterocycles. The number of carbonyl (C=O) groups excluding carboxylic acids is 1. The van der Waals surface area contributed by atoms with E-state index in [9.17, 15) is 4.79 Å². The van der Waals surface area contributed by atoms with Crippen LogP contribution in [0.25, 0.3) is 0 Å². The normalized spacial score (nSPS) is 33.8. The molecular weight excluding hydrogens is 396 g/mol. The number of esters is 1. The van der Waals surface area contributed by atoms with Gasteiger partial charge in [0.2, 0.25) is 0 Å². The van der Waals surface area contributed by atoms with Crippen LogP contribution in [0.4, 0.5) is 0 Å². The van der Waals surface area contributed by atoms with Gasteiger partial charge in [-0.3, -0.25) is 4.79 Å². The van der Waals surface area contributed by atoms with Crippen molar-refractivity contribution in [3.05, 3.63) is 71.8 Å². The summed E-state index contributed by atoms with van der Waals surface area (Å²) in [6.45, 7) is 1.39. The van der Waals surface area contributed by atoms with Crippen molar-refractivity contribution >= 4 is 5.97 Å². The summed E-state index contributed by atoms with van der Waals surface area (Å²) in [6.07, 6.45) is 0.460. The summed E-state index contributed by atoms with van der Waals surface area (Å²) in [5.41, 5.74) is 1.72. The molecule has 2 heterocycles. The minimum Gasteiger partial charge on any atom is -0.469 e. The van der Waals surface area contributed by atoms with Crippen molar-refractivity contribution in [3.63, 3.8) is 0 Å². The summed E-state index contributed by atoms with van der Waals surface area (Å²) >= 11 is 0. The van der Waals surface area contributed by atoms with E-state index >= 15 is 0 Å². The Morgan fingerprint density at radius 1 is 0.968 bits per heavy atom. The van der Waals surface area contributed by atoms with Gasteiger partial charge in [0.15, 0.2) is 0 Å². The second-order valence-corrected chi connectivity index (χ2v) is 8.60. The monoisotopic (exact) mass is 424 g/mol. The van der Waals surface area contributed by atoms with E-state index < -0.39 is 5.60 Å². The molecule has 2 saturated heterocycles. The average Bonchev–Trinajstić information content (AvgIpc) is 3.38. The maximum Gasteiger partial charge on any atom is 0.311 e. The van der Waals surface area contributed by atoms with Crippen LogP contribution in [0.2, 0.25) is 0 Å². The molecule has 5 rings (SSSR count). The van der Waals surface area contributed by atoms with E-state index in [1.54, 1.807) is 0 Å². The van der Waals surface area contributed by atoms with Gasteiger partial charge in [0.1, 0.15) is 18.3 Å². The zero-order chi connectivity index (χ0) is 21.3. The van der Waals surface area contributed by atoms with Crippen LogP contribution in [0.5, 0.6) is 0 Å². The van der Waals surface area contributed by atoms with Crippen LogP contribution in [-0.4, -0.2) is 49.7 Å². The number of hydrogen-bond donors (Lipinski definition) is 0. The van der Waals surface area contributed by atoms with Crippen molar-refractivity contribution in [1.29, 1.82) is 0 Å². The van der Waals surface area contributed by atoms with Crippen LogP contribution in [0.15, 0.2) is 60.7 Å². The first-order valence-corrected chi connectivity index (χ1v) is 10.9. The average molecular weight is 424 g/mol. The van der Waals surface area contributed by atoms with E-state index in [1.165, 1.54) is 7.11 Å². The third-order valence-electron chi connectivity index (χ3n) is 6.55. The predicted molar refractivity (Wildman–Crippen MR) is 112 cm³/mol. The van der Waals surface area contributed by atoms with Crippen molar-refractivity contribution in [2.45, 2.75) is 56.1 Å². The molecule has 6 nitrogen and oxygen atoms in total. The highest BCUT2D eigenvalue weighted by atomic mass is 16.6. The Balaban J connectivity index is 1.30. The van der Waals surface area contributed by atoms with Gasteiger partial charge in [0, 0.05) is 6.42 Å². The first-order valence-electron chi connectivity index (χ1n) is 10.9. The molecule has 0 amide bonds. The van der Waals surface area contributed by atoms with Crippen molar-refractivity contribution < 1.29 is 28.5 Å². The van der Waals surface area contributed by atoms with Gasteiger partial charge in [0.05, 0.1) is 44.6 Å². The Morgan fingerprint density at radius 2 is 1.61 bits per heavy atom. The maximum absolute atomic E-state index is 12.1. The lowest BCUT2D eigenvalue weighted by molar-refractivity contribution is -0.217. The largest absolute Gasteiger partial charge is 0.469 e. The van der Waals surface area contributed by atoms with Gasteiger partial charge in [-0.1, -0.05) is 60.7 Å². The summed E-state index contributed by atoms with van der Waals surface area (Å²) in [6, 6.07) is 20.1. The van der Waals surface area contributed by atoms with Gasteiger partial charge in [-0.25, -0.2) is 0 Å². The molecule has 6 heteroatoms. The van der Waals surface area contributed by atoms with Gasteiger partial charge in [-0.05, 0) is 17.5 Å². The standard InChI is InChI=1S/C25H28O6/c1-27-24(26)19-12-25(19)13-20-23(31-25)22(30-15-18-10-6-3-7-11-18)21(16-29-20)28-14-17-8-4-2-5-9-17/h2-11,19-23H,12-16H2,1H3/t19-,20-,21-,22-,23-,25-/m0/s1. The third kappa shape index (κ3) is 4.26. The molecule has 0 radical (unpaired) electrons. The topological polar surface area (TPSA) is 63.2 Å². The lowest BCUT2D eigenvalue weighted by Gasteiger charge is -2.38. The Morgan fingerprint density at radius 3 is 2.26 bits per heavy atom. The van der Waals surface area contributed by atoms with Crippen LogP contribution < -0.4 is 0 Å². The molecule has 0 unspecified atom stereocenters. The van der Waals surface area contributed by atoms with E-state index in [0.717, 1.165) is 11.1 Å². The van der Waals surface area contributed by atoms with Crippen molar-refractivity contribution in [2.75, 3.05) is 13.7 Å². The maximum atomic E-state index is 12.1. The Labute approximate surface area is 182 Å². The minimum absolute atomic E-state index is 0.105. The van der Waals surface area contributed by atoms with E-state index in [2.05, 4.69) is 0 Å². The van der Waals surface area contributed by atoms with E-state index in [4.69, 9.17) is 23.7 Å². The second-order valence-electron chi connectivity index (χ2n) is 8.60. The smallest absolute Gasteiger partial charge is 0.311 e. The fourth-order valence-electron chi connectivity index (χ4n) is 4.78. The summed E-state index contributed by atoms with van der Waals surface area (Å²) in [4.78, 5) is 12.1. The Bertz CT molecular complexity index is 887. The fraction of sp³-hybridized carbons (Fsp3) is 0.480. The number of benzene rings is 2. The highest BCUT2D eigenvalue weighted by Crippen LogP contribution is 2.57. The molecule has 6 atom stereocenters. The van der Waals surface area contributed by atoms with E-state index in [0.29, 0.717) is 32.7 Å². The zero-order valence-corrected chi connectivity index (χ0v) is 17.6. The van der Waals surface area contributed by atoms with Crippen molar-refractivity contribution in [3.8, 4) is 0 Å². The van der Waals surface area contributed by atoms with Gasteiger partial charge in [0.25, 0.3) is 0 Å². The second kappa shape index (κ2) is 8.71. The third-order valence-corrected chi connectivity index (χ3v) is 6.55. The first kappa shape index (κ1) is 20.6. The van der Waals surface area contributed by atoms with Crippen molar-refractivity contribution in [1.82, 2.24) is 0 Å². The van der Waals surface area contributed by atoms with E-state index in [-0.39, 0.29) is 36.3 Å². The molecule has 31 heavy (non-hydrogen) atoms. The molecule has 1 aliphatic carbocycles. The van der Waals surface area contributed by atoms with Crippen LogP contribution >= 0.6 is 0 Å². The fourth-order valence-corrected chi connectivity index (χ4v) is 4.78. The van der Waals surface area contributed by atoms with Gasteiger partial charge >= 0.3 is 5.97 Å². The summed E-state index contributed by atoms with van der Waals surface area (Å²) < 4.78 is 30.2. The first-order chi connectivity index (χ1) is 15.2. The number of ether oxygens (including phenoxy) is 5. The predicted octanol–water partition coefficient (Wildman–Crippen LogP) is 3.28. The Hall–Kier alpha value is -2.25. The van der Waals surface area contributed by atoms with Crippen LogP contribution in [0, 0.1) is 5.92 Å². The molecule has 0 N–H and O–H groups in total. The van der Waals surface area contributed by atoms with Crippen molar-refractivity contribution in [2.24, 2.45) is 5.92 Å². The number of carbonyl (C=O) groups is 1. The summed E-state index contributed by atoms with van der Waals surface area (Å²) in [5, 5.41) is 0. The van der Waals surface area contributed by atoms with Gasteiger partial charge in [-0.15, -0.1) is 0 Å². The lowest BCUT2D eigenvalue weighted by Crippen LogP contribution is -2.53. The van der Waals surface area contributed by atoms with Gasteiger partial charge in [-0.2, -0.15) is 0 Å². The lowest BCUT2D eigenvalue weighted by atomic mass is 9.98. The highest BCUT2D eigenvalue weighted by molar-refractivity contribution is 5.77. The molecule has 3 aliphatic rings. The zero-order valence-electron chi connectivity index (χ0n) is 17.6. The highest BCUT2D eigenvalue weighted by Gasteiger charge is 2.68. The molecule has 0 bridgehead atoms. The van der Waals surface area contributed by atoms with E-state index in [1.807, 2.05) is 60.7 Å². The number of rotatable bonds is 7. The number of hydrogen-bond acceptors (Lipinski definition) is 6. The Kier molecular flexibility index (Phi) is 5.80. The molecule has 2 aromatic carbocycles.